The molecule has 126 valence electrons. The van der Waals surface area contributed by atoms with E-state index in [0.717, 1.165) is 11.1 Å². The summed E-state index contributed by atoms with van der Waals surface area (Å²) < 4.78 is 5.37. The zero-order valence-electron chi connectivity index (χ0n) is 13.8. The van der Waals surface area contributed by atoms with Gasteiger partial charge in [0, 0.05) is 16.6 Å². The van der Waals surface area contributed by atoms with E-state index in [-0.39, 0.29) is 5.91 Å². The summed E-state index contributed by atoms with van der Waals surface area (Å²) in [5.74, 6) is -0.201. The zero-order chi connectivity index (χ0) is 17.9. The van der Waals surface area contributed by atoms with Crippen molar-refractivity contribution in [2.45, 2.75) is 0 Å². The summed E-state index contributed by atoms with van der Waals surface area (Å²) in [5, 5.41) is 3.69. The monoisotopic (exact) mass is 341 g/mol. The van der Waals surface area contributed by atoms with Gasteiger partial charge < -0.3 is 9.73 Å². The van der Waals surface area contributed by atoms with E-state index in [1.807, 2.05) is 48.5 Å². The first kappa shape index (κ1) is 15.8. The third-order valence-corrected chi connectivity index (χ3v) is 4.13. The Hall–Kier alpha value is -3.66. The van der Waals surface area contributed by atoms with Crippen LogP contribution < -0.4 is 10.9 Å². The van der Waals surface area contributed by atoms with E-state index in [1.54, 1.807) is 36.4 Å². The van der Waals surface area contributed by atoms with Gasteiger partial charge in [0.05, 0.1) is 5.56 Å². The predicted molar refractivity (Wildman–Crippen MR) is 102 cm³/mol. The molecule has 1 aromatic heterocycles. The van der Waals surface area contributed by atoms with Gasteiger partial charge >= 0.3 is 5.63 Å². The highest BCUT2D eigenvalue weighted by molar-refractivity contribution is 6.04. The van der Waals surface area contributed by atoms with Crippen LogP contribution in [0.4, 0.5) is 5.69 Å². The second kappa shape index (κ2) is 6.69. The molecule has 0 atom stereocenters. The summed E-state index contributed by atoms with van der Waals surface area (Å²) in [4.78, 5) is 24.6. The summed E-state index contributed by atoms with van der Waals surface area (Å²) in [6, 6.07) is 25.3. The summed E-state index contributed by atoms with van der Waals surface area (Å²) in [7, 11) is 0. The molecule has 26 heavy (non-hydrogen) atoms. The molecule has 0 saturated carbocycles. The second-order valence-electron chi connectivity index (χ2n) is 5.88. The van der Waals surface area contributed by atoms with Gasteiger partial charge in [0.25, 0.3) is 5.91 Å². The van der Waals surface area contributed by atoms with Gasteiger partial charge in [-0.05, 0) is 42.0 Å². The number of benzene rings is 3. The molecule has 1 amide bonds. The van der Waals surface area contributed by atoms with Crippen molar-refractivity contribution in [3.8, 4) is 11.1 Å². The van der Waals surface area contributed by atoms with Gasteiger partial charge in [-0.15, -0.1) is 0 Å². The first-order valence-electron chi connectivity index (χ1n) is 8.20. The highest BCUT2D eigenvalue weighted by atomic mass is 16.4. The number of amides is 1. The van der Waals surface area contributed by atoms with Crippen LogP contribution in [0.25, 0.3) is 22.1 Å². The highest BCUT2D eigenvalue weighted by Gasteiger charge is 2.10. The molecular formula is C22H15NO3. The van der Waals surface area contributed by atoms with Crippen LogP contribution in [0, 0.1) is 0 Å². The first-order chi connectivity index (χ1) is 12.7. The van der Waals surface area contributed by atoms with Crippen molar-refractivity contribution in [1.82, 2.24) is 0 Å². The highest BCUT2D eigenvalue weighted by Crippen LogP contribution is 2.21. The van der Waals surface area contributed by atoms with Crippen molar-refractivity contribution in [3.05, 3.63) is 101 Å². The number of para-hydroxylation sites is 2. The Morgan fingerprint density at radius 2 is 1.50 bits per heavy atom. The SMILES string of the molecule is O=C(Nc1ccccc1)c1ccc(-c2cc3ccccc3oc2=O)cc1. The summed E-state index contributed by atoms with van der Waals surface area (Å²) in [6.45, 7) is 0. The van der Waals surface area contributed by atoms with Crippen LogP contribution in [0.3, 0.4) is 0 Å². The largest absolute Gasteiger partial charge is 0.422 e. The second-order valence-corrected chi connectivity index (χ2v) is 5.88. The van der Waals surface area contributed by atoms with E-state index in [9.17, 15) is 9.59 Å². The molecule has 0 aliphatic carbocycles. The fourth-order valence-electron chi connectivity index (χ4n) is 2.79. The zero-order valence-corrected chi connectivity index (χ0v) is 13.8. The van der Waals surface area contributed by atoms with E-state index in [1.165, 1.54) is 0 Å². The van der Waals surface area contributed by atoms with Crippen molar-refractivity contribution in [1.29, 1.82) is 0 Å². The van der Waals surface area contributed by atoms with Gasteiger partial charge in [-0.1, -0.05) is 48.5 Å². The number of hydrogen-bond donors (Lipinski definition) is 1. The quantitative estimate of drug-likeness (QED) is 0.549. The first-order valence-corrected chi connectivity index (χ1v) is 8.20. The molecule has 4 nitrogen and oxygen atoms in total. The molecule has 0 saturated heterocycles. The Balaban J connectivity index is 1.63. The number of anilines is 1. The average molecular weight is 341 g/mol. The molecule has 0 unspecified atom stereocenters. The minimum Gasteiger partial charge on any atom is -0.422 e. The van der Waals surface area contributed by atoms with Crippen molar-refractivity contribution < 1.29 is 9.21 Å². The molecular weight excluding hydrogens is 326 g/mol. The van der Waals surface area contributed by atoms with Crippen LogP contribution in [-0.2, 0) is 0 Å². The molecule has 4 aromatic rings. The lowest BCUT2D eigenvalue weighted by atomic mass is 10.0. The number of nitrogens with one attached hydrogen (secondary N) is 1. The van der Waals surface area contributed by atoms with Gasteiger partial charge in [0.1, 0.15) is 5.58 Å². The minimum absolute atomic E-state index is 0.201. The third kappa shape index (κ3) is 3.13. The maximum atomic E-state index is 12.3. The van der Waals surface area contributed by atoms with Crippen molar-refractivity contribution in [3.63, 3.8) is 0 Å². The Bertz CT molecular complexity index is 1130. The van der Waals surface area contributed by atoms with Crippen molar-refractivity contribution in [2.75, 3.05) is 5.32 Å². The topological polar surface area (TPSA) is 59.3 Å². The van der Waals surface area contributed by atoms with Crippen LogP contribution in [-0.4, -0.2) is 5.91 Å². The van der Waals surface area contributed by atoms with Gasteiger partial charge in [-0.3, -0.25) is 4.79 Å². The van der Waals surface area contributed by atoms with Crippen molar-refractivity contribution in [2.24, 2.45) is 0 Å². The number of carbonyl (C=O) groups is 1. The van der Waals surface area contributed by atoms with Gasteiger partial charge in [-0.2, -0.15) is 0 Å². The van der Waals surface area contributed by atoms with Crippen LogP contribution in [0.15, 0.2) is 94.1 Å². The number of fused-ring (bicyclic) bond motifs is 1. The fourth-order valence-corrected chi connectivity index (χ4v) is 2.79. The van der Waals surface area contributed by atoms with E-state index in [0.29, 0.717) is 22.3 Å². The van der Waals surface area contributed by atoms with Crippen LogP contribution in [0.1, 0.15) is 10.4 Å². The van der Waals surface area contributed by atoms with Gasteiger partial charge in [0.2, 0.25) is 0 Å². The molecule has 0 bridgehead atoms. The molecule has 0 aliphatic heterocycles. The summed E-state index contributed by atoms with van der Waals surface area (Å²) in [6.07, 6.45) is 0. The molecule has 0 spiro atoms. The molecule has 0 aliphatic rings. The van der Waals surface area contributed by atoms with Gasteiger partial charge in [0.15, 0.2) is 0 Å². The molecule has 0 fully saturated rings. The molecule has 3 aromatic carbocycles. The van der Waals surface area contributed by atoms with Gasteiger partial charge in [-0.25, -0.2) is 4.79 Å². The van der Waals surface area contributed by atoms with Crippen LogP contribution >= 0.6 is 0 Å². The van der Waals surface area contributed by atoms with E-state index in [2.05, 4.69) is 5.32 Å². The molecule has 0 radical (unpaired) electrons. The lowest BCUT2D eigenvalue weighted by Crippen LogP contribution is -2.11. The Labute approximate surface area is 149 Å². The molecule has 4 rings (SSSR count). The normalized spacial score (nSPS) is 10.6. The average Bonchev–Trinajstić information content (AvgIpc) is 2.68. The Morgan fingerprint density at radius 3 is 2.27 bits per heavy atom. The number of hydrogen-bond acceptors (Lipinski definition) is 3. The lowest BCUT2D eigenvalue weighted by molar-refractivity contribution is 0.102. The molecule has 4 heteroatoms. The van der Waals surface area contributed by atoms with E-state index in [4.69, 9.17) is 4.42 Å². The number of rotatable bonds is 3. The Morgan fingerprint density at radius 1 is 0.808 bits per heavy atom. The standard InChI is InChI=1S/C22H15NO3/c24-21(23-18-7-2-1-3-8-18)16-12-10-15(11-13-16)19-14-17-6-4-5-9-20(17)26-22(19)25/h1-14H,(H,23,24). The Kier molecular flexibility index (Phi) is 4.07. The lowest BCUT2D eigenvalue weighted by Gasteiger charge is -2.06. The summed E-state index contributed by atoms with van der Waals surface area (Å²) in [5.41, 5.74) is 2.59. The smallest absolute Gasteiger partial charge is 0.344 e. The molecule has 1 heterocycles. The van der Waals surface area contributed by atoms with E-state index < -0.39 is 5.63 Å². The predicted octanol–water partition coefficient (Wildman–Crippen LogP) is 4.71. The fraction of sp³-hybridized carbons (Fsp3) is 0. The maximum absolute atomic E-state index is 12.3. The summed E-state index contributed by atoms with van der Waals surface area (Å²) >= 11 is 0. The van der Waals surface area contributed by atoms with Crippen LogP contribution in [0.5, 0.6) is 0 Å². The van der Waals surface area contributed by atoms with Crippen LogP contribution in [0.2, 0.25) is 0 Å². The number of carbonyl (C=O) groups excluding carboxylic acids is 1. The minimum atomic E-state index is -0.398. The van der Waals surface area contributed by atoms with E-state index >= 15 is 0 Å². The maximum Gasteiger partial charge on any atom is 0.344 e. The third-order valence-electron chi connectivity index (χ3n) is 4.13. The molecule has 1 N–H and O–H groups in total. The van der Waals surface area contributed by atoms with Crippen molar-refractivity contribution >= 4 is 22.6 Å².